The number of hydrogen-bond donors (Lipinski definition) is 2. The number of benzene rings is 2. The maximum atomic E-state index is 13.4. The van der Waals surface area contributed by atoms with E-state index in [9.17, 15) is 9.18 Å². The van der Waals surface area contributed by atoms with Crippen molar-refractivity contribution >= 4 is 23.3 Å². The van der Waals surface area contributed by atoms with Crippen LogP contribution in [-0.4, -0.2) is 12.1 Å². The quantitative estimate of drug-likeness (QED) is 0.872. The minimum atomic E-state index is -0.463. The van der Waals surface area contributed by atoms with Gasteiger partial charge in [-0.2, -0.15) is 0 Å². The fourth-order valence-corrected chi connectivity index (χ4v) is 2.23. The first-order valence-corrected chi connectivity index (χ1v) is 6.99. The Labute approximate surface area is 128 Å². The van der Waals surface area contributed by atoms with Crippen molar-refractivity contribution in [3.05, 3.63) is 64.9 Å². The van der Waals surface area contributed by atoms with Crippen molar-refractivity contribution in [2.24, 2.45) is 0 Å². The van der Waals surface area contributed by atoms with Gasteiger partial charge in [0.1, 0.15) is 5.82 Å². The largest absolute Gasteiger partial charge is 0.335 e. The molecule has 110 valence electrons. The lowest BCUT2D eigenvalue weighted by Crippen LogP contribution is -2.37. The normalized spacial score (nSPS) is 11.8. The number of urea groups is 1. The highest BCUT2D eigenvalue weighted by molar-refractivity contribution is 6.30. The molecule has 3 nitrogen and oxygen atoms in total. The van der Waals surface area contributed by atoms with E-state index in [0.29, 0.717) is 11.4 Å². The molecule has 2 aromatic rings. The van der Waals surface area contributed by atoms with Crippen LogP contribution >= 0.6 is 11.6 Å². The van der Waals surface area contributed by atoms with Crippen LogP contribution in [0.15, 0.2) is 48.5 Å². The third-order valence-electron chi connectivity index (χ3n) is 2.93. The number of hydrogen-bond acceptors (Lipinski definition) is 1. The number of carbonyl (C=O) groups is 1. The lowest BCUT2D eigenvalue weighted by atomic mass is 10.1. The first-order valence-electron chi connectivity index (χ1n) is 6.61. The summed E-state index contributed by atoms with van der Waals surface area (Å²) in [5.74, 6) is -0.463. The average Bonchev–Trinajstić information content (AvgIpc) is 2.41. The van der Waals surface area contributed by atoms with E-state index in [1.165, 1.54) is 12.1 Å². The van der Waals surface area contributed by atoms with Gasteiger partial charge in [-0.15, -0.1) is 0 Å². The van der Waals surface area contributed by atoms with Gasteiger partial charge in [0.15, 0.2) is 0 Å². The zero-order chi connectivity index (χ0) is 15.2. The van der Waals surface area contributed by atoms with E-state index < -0.39 is 11.8 Å². The first-order chi connectivity index (χ1) is 10.0. The van der Waals surface area contributed by atoms with Gasteiger partial charge in [-0.25, -0.2) is 9.18 Å². The monoisotopic (exact) mass is 306 g/mol. The first kappa shape index (κ1) is 15.3. The van der Waals surface area contributed by atoms with Gasteiger partial charge in [0.25, 0.3) is 0 Å². The molecule has 0 saturated carbocycles. The van der Waals surface area contributed by atoms with E-state index in [1.807, 2.05) is 25.1 Å². The Balaban J connectivity index is 1.89. The molecule has 0 aromatic heterocycles. The highest BCUT2D eigenvalue weighted by atomic mass is 35.5. The van der Waals surface area contributed by atoms with E-state index in [2.05, 4.69) is 10.6 Å². The molecule has 0 heterocycles. The lowest BCUT2D eigenvalue weighted by Gasteiger charge is -2.15. The molecule has 0 aliphatic heterocycles. The summed E-state index contributed by atoms with van der Waals surface area (Å²) < 4.78 is 13.4. The van der Waals surface area contributed by atoms with Crippen molar-refractivity contribution in [2.45, 2.75) is 19.4 Å². The molecular formula is C16H16ClFN2O. The Kier molecular flexibility index (Phi) is 5.17. The zero-order valence-electron chi connectivity index (χ0n) is 11.6. The number of nitrogens with one attached hydrogen (secondary N) is 2. The van der Waals surface area contributed by atoms with Crippen LogP contribution in [-0.2, 0) is 6.42 Å². The van der Waals surface area contributed by atoms with Gasteiger partial charge in [0.2, 0.25) is 0 Å². The summed E-state index contributed by atoms with van der Waals surface area (Å²) in [5.41, 5.74) is 1.19. The molecule has 0 fully saturated rings. The van der Waals surface area contributed by atoms with Crippen molar-refractivity contribution in [3.63, 3.8) is 0 Å². The van der Waals surface area contributed by atoms with E-state index in [1.54, 1.807) is 18.2 Å². The molecule has 0 unspecified atom stereocenters. The van der Waals surface area contributed by atoms with Crippen molar-refractivity contribution in [1.82, 2.24) is 5.32 Å². The average molecular weight is 307 g/mol. The minimum Gasteiger partial charge on any atom is -0.335 e. The van der Waals surface area contributed by atoms with Crippen LogP contribution in [0.1, 0.15) is 12.5 Å². The molecule has 1 atom stereocenters. The third-order valence-corrected chi connectivity index (χ3v) is 3.17. The Morgan fingerprint density at radius 2 is 2.00 bits per heavy atom. The minimum absolute atomic E-state index is 0.102. The number of para-hydroxylation sites is 1. The van der Waals surface area contributed by atoms with Gasteiger partial charge in [-0.05, 0) is 43.2 Å². The molecule has 5 heteroatoms. The fraction of sp³-hybridized carbons (Fsp3) is 0.188. The number of amides is 2. The van der Waals surface area contributed by atoms with Gasteiger partial charge in [-0.1, -0.05) is 35.9 Å². The molecule has 0 saturated heterocycles. The fourth-order valence-electron chi connectivity index (χ4n) is 2.01. The molecule has 2 aromatic carbocycles. The van der Waals surface area contributed by atoms with Gasteiger partial charge in [0, 0.05) is 11.1 Å². The van der Waals surface area contributed by atoms with Crippen molar-refractivity contribution in [3.8, 4) is 0 Å². The Bertz CT molecular complexity index is 633. The van der Waals surface area contributed by atoms with Crippen LogP contribution in [0.5, 0.6) is 0 Å². The van der Waals surface area contributed by atoms with Crippen LogP contribution in [0.4, 0.5) is 14.9 Å². The maximum Gasteiger partial charge on any atom is 0.319 e. The highest BCUT2D eigenvalue weighted by Gasteiger charge is 2.10. The smallest absolute Gasteiger partial charge is 0.319 e. The molecule has 0 spiro atoms. The number of halogens is 2. The molecule has 2 rings (SSSR count). The summed E-state index contributed by atoms with van der Waals surface area (Å²) in [6.07, 6.45) is 0.644. The topological polar surface area (TPSA) is 41.1 Å². The zero-order valence-corrected chi connectivity index (χ0v) is 12.3. The number of carbonyl (C=O) groups excluding carboxylic acids is 1. The van der Waals surface area contributed by atoms with Crippen LogP contribution in [0.3, 0.4) is 0 Å². The van der Waals surface area contributed by atoms with E-state index >= 15 is 0 Å². The predicted molar refractivity (Wildman–Crippen MR) is 83.2 cm³/mol. The van der Waals surface area contributed by atoms with Crippen LogP contribution in [0.2, 0.25) is 5.02 Å². The summed E-state index contributed by atoms with van der Waals surface area (Å²) >= 11 is 5.92. The Morgan fingerprint density at radius 3 is 2.71 bits per heavy atom. The van der Waals surface area contributed by atoms with Crippen LogP contribution in [0.25, 0.3) is 0 Å². The SMILES string of the molecule is C[C@H](Cc1cccc(Cl)c1)NC(=O)Nc1ccccc1F. The molecule has 0 aliphatic rings. The molecule has 21 heavy (non-hydrogen) atoms. The summed E-state index contributed by atoms with van der Waals surface area (Å²) in [6.45, 7) is 1.88. The van der Waals surface area contributed by atoms with Gasteiger partial charge < -0.3 is 10.6 Å². The summed E-state index contributed by atoms with van der Waals surface area (Å²) in [4.78, 5) is 11.8. The van der Waals surface area contributed by atoms with Crippen molar-refractivity contribution in [2.75, 3.05) is 5.32 Å². The second-order valence-electron chi connectivity index (χ2n) is 4.81. The maximum absolute atomic E-state index is 13.4. The van der Waals surface area contributed by atoms with E-state index in [4.69, 9.17) is 11.6 Å². The van der Waals surface area contributed by atoms with E-state index in [0.717, 1.165) is 5.56 Å². The van der Waals surface area contributed by atoms with Gasteiger partial charge in [0.05, 0.1) is 5.69 Å². The summed E-state index contributed by atoms with van der Waals surface area (Å²) in [7, 11) is 0. The lowest BCUT2D eigenvalue weighted by molar-refractivity contribution is 0.249. The van der Waals surface area contributed by atoms with E-state index in [-0.39, 0.29) is 11.7 Å². The number of rotatable bonds is 4. The second-order valence-corrected chi connectivity index (χ2v) is 5.25. The predicted octanol–water partition coefficient (Wildman–Crippen LogP) is 4.23. The molecule has 2 N–H and O–H groups in total. The van der Waals surface area contributed by atoms with Gasteiger partial charge in [-0.3, -0.25) is 0 Å². The standard InChI is InChI=1S/C16H16ClFN2O/c1-11(9-12-5-4-6-13(17)10-12)19-16(21)20-15-8-3-2-7-14(15)18/h2-8,10-11H,9H2,1H3,(H2,19,20,21)/t11-/m1/s1. The second kappa shape index (κ2) is 7.09. The third kappa shape index (κ3) is 4.76. The highest BCUT2D eigenvalue weighted by Crippen LogP contribution is 2.13. The van der Waals surface area contributed by atoms with Crippen molar-refractivity contribution < 1.29 is 9.18 Å². The molecule has 2 amide bonds. The number of anilines is 1. The Hall–Kier alpha value is -2.07. The van der Waals surface area contributed by atoms with Crippen molar-refractivity contribution in [1.29, 1.82) is 0 Å². The molecule has 0 aliphatic carbocycles. The molecule has 0 bridgehead atoms. The summed E-state index contributed by atoms with van der Waals surface area (Å²) in [6, 6.07) is 13.0. The van der Waals surface area contributed by atoms with Crippen LogP contribution in [0, 0.1) is 5.82 Å². The Morgan fingerprint density at radius 1 is 1.24 bits per heavy atom. The molecular weight excluding hydrogens is 291 g/mol. The molecule has 0 radical (unpaired) electrons. The van der Waals surface area contributed by atoms with Gasteiger partial charge >= 0.3 is 6.03 Å². The summed E-state index contributed by atoms with van der Waals surface area (Å²) in [5, 5.41) is 5.91. The van der Waals surface area contributed by atoms with Crippen LogP contribution < -0.4 is 10.6 Å².